The molecule has 9 heteroatoms. The Kier molecular flexibility index (Phi) is 30.3. The van der Waals surface area contributed by atoms with Gasteiger partial charge in [-0.3, -0.25) is 0 Å². The number of rotatable bonds is 19. The van der Waals surface area contributed by atoms with E-state index in [4.69, 9.17) is 4.74 Å². The van der Waals surface area contributed by atoms with E-state index in [1.165, 1.54) is 38.5 Å². The number of phosphoric acid groups is 1. The van der Waals surface area contributed by atoms with Crippen LogP contribution in [0, 0.1) is 0 Å². The number of hydrogen-bond acceptors (Lipinski definition) is 6. The molecule has 0 N–H and O–H groups in total. The van der Waals surface area contributed by atoms with Crippen LogP contribution in [0.3, 0.4) is 0 Å². The van der Waals surface area contributed by atoms with Gasteiger partial charge in [0.1, 0.15) is 7.82 Å². The molecular formula is C18H37Na2O6P. The average Bonchev–Trinajstić information content (AvgIpc) is 2.56. The molecule has 0 amide bonds. The summed E-state index contributed by atoms with van der Waals surface area (Å²) in [5, 5.41) is 0. The molecule has 0 aliphatic heterocycles. The van der Waals surface area contributed by atoms with Gasteiger partial charge in [-0.15, -0.1) is 0 Å². The second-order valence-corrected chi connectivity index (χ2v) is 7.64. The van der Waals surface area contributed by atoms with E-state index in [2.05, 4.69) is 23.4 Å². The molecule has 0 saturated heterocycles. The molecule has 0 rings (SSSR count). The SMILES string of the molecule is CCCCCCCCCCCC(OCCCCCC)OOP(=O)([O-])[O-].[Na+].[Na+]. The summed E-state index contributed by atoms with van der Waals surface area (Å²) >= 11 is 0. The van der Waals surface area contributed by atoms with Crippen molar-refractivity contribution in [3.05, 3.63) is 0 Å². The smallest absolute Gasteiger partial charge is 0.788 e. The molecule has 1 atom stereocenters. The van der Waals surface area contributed by atoms with Crippen LogP contribution < -0.4 is 68.9 Å². The van der Waals surface area contributed by atoms with Gasteiger partial charge < -0.3 is 19.1 Å². The van der Waals surface area contributed by atoms with E-state index in [9.17, 15) is 14.4 Å². The zero-order valence-corrected chi connectivity index (χ0v) is 23.0. The van der Waals surface area contributed by atoms with Crippen LogP contribution in [-0.4, -0.2) is 12.9 Å². The molecule has 0 aromatic heterocycles. The van der Waals surface area contributed by atoms with Gasteiger partial charge in [0.2, 0.25) is 0 Å². The van der Waals surface area contributed by atoms with E-state index >= 15 is 0 Å². The molecule has 0 aromatic rings. The van der Waals surface area contributed by atoms with Crippen molar-refractivity contribution >= 4 is 7.82 Å². The fraction of sp³-hybridized carbons (Fsp3) is 1.00. The Hall–Kier alpha value is 2.03. The molecule has 0 saturated carbocycles. The maximum Gasteiger partial charge on any atom is 1.00 e. The fourth-order valence-electron chi connectivity index (χ4n) is 2.63. The van der Waals surface area contributed by atoms with E-state index in [0.29, 0.717) is 13.0 Å². The third-order valence-electron chi connectivity index (χ3n) is 4.09. The Labute approximate surface area is 210 Å². The quantitative estimate of drug-likeness (QED) is 0.0631. The third-order valence-corrected chi connectivity index (χ3v) is 4.36. The predicted molar refractivity (Wildman–Crippen MR) is 95.5 cm³/mol. The second-order valence-electron chi connectivity index (χ2n) is 6.60. The summed E-state index contributed by atoms with van der Waals surface area (Å²) in [4.78, 5) is 25.8. The van der Waals surface area contributed by atoms with Gasteiger partial charge in [-0.25, -0.2) is 9.56 Å². The molecule has 0 spiro atoms. The fourth-order valence-corrected chi connectivity index (χ4v) is 2.83. The van der Waals surface area contributed by atoms with Gasteiger partial charge in [0, 0.05) is 13.0 Å². The molecule has 0 bridgehead atoms. The summed E-state index contributed by atoms with van der Waals surface area (Å²) in [6.07, 6.45) is 14.7. The summed E-state index contributed by atoms with van der Waals surface area (Å²) in [6, 6.07) is 0. The summed E-state index contributed by atoms with van der Waals surface area (Å²) in [7, 11) is -5.13. The Morgan fingerprint density at radius 1 is 0.741 bits per heavy atom. The average molecular weight is 426 g/mol. The van der Waals surface area contributed by atoms with Crippen molar-refractivity contribution in [3.8, 4) is 0 Å². The van der Waals surface area contributed by atoms with Crippen LogP contribution in [0.15, 0.2) is 0 Å². The van der Waals surface area contributed by atoms with E-state index < -0.39 is 14.1 Å². The minimum Gasteiger partial charge on any atom is -0.788 e. The van der Waals surface area contributed by atoms with Crippen molar-refractivity contribution in [2.45, 2.75) is 110 Å². The first-order chi connectivity index (χ1) is 12.0. The van der Waals surface area contributed by atoms with Crippen LogP contribution in [0.1, 0.15) is 104 Å². The molecule has 1 unspecified atom stereocenters. The van der Waals surface area contributed by atoms with Crippen LogP contribution in [0.4, 0.5) is 0 Å². The topological polar surface area (TPSA) is 90.9 Å². The molecule has 0 aliphatic carbocycles. The molecule has 0 radical (unpaired) electrons. The largest absolute Gasteiger partial charge is 1.00 e. The predicted octanol–water partition coefficient (Wildman–Crippen LogP) is -1.38. The number of unbranched alkanes of at least 4 members (excludes halogenated alkanes) is 11. The van der Waals surface area contributed by atoms with Gasteiger partial charge in [0.15, 0.2) is 6.29 Å². The maximum absolute atomic E-state index is 10.5. The zero-order valence-electron chi connectivity index (χ0n) is 18.1. The summed E-state index contributed by atoms with van der Waals surface area (Å²) in [5.74, 6) is 0. The Morgan fingerprint density at radius 3 is 1.67 bits per heavy atom. The first-order valence-corrected chi connectivity index (χ1v) is 11.4. The minimum atomic E-state index is -5.13. The summed E-state index contributed by atoms with van der Waals surface area (Å²) < 4.78 is 20.0. The van der Waals surface area contributed by atoms with Gasteiger partial charge in [-0.1, -0.05) is 84.5 Å². The molecule has 0 aromatic carbocycles. The second kappa shape index (κ2) is 24.3. The van der Waals surface area contributed by atoms with E-state index in [1.807, 2.05) is 0 Å². The van der Waals surface area contributed by atoms with Gasteiger partial charge >= 0.3 is 59.1 Å². The molecule has 6 nitrogen and oxygen atoms in total. The van der Waals surface area contributed by atoms with Crippen LogP contribution in [0.25, 0.3) is 0 Å². The molecule has 27 heavy (non-hydrogen) atoms. The van der Waals surface area contributed by atoms with E-state index in [0.717, 1.165) is 44.9 Å². The Morgan fingerprint density at radius 2 is 1.19 bits per heavy atom. The van der Waals surface area contributed by atoms with Crippen molar-refractivity contribution in [3.63, 3.8) is 0 Å². The molecule has 152 valence electrons. The van der Waals surface area contributed by atoms with Crippen molar-refractivity contribution in [1.29, 1.82) is 0 Å². The zero-order chi connectivity index (χ0) is 18.8. The van der Waals surface area contributed by atoms with Crippen molar-refractivity contribution in [1.82, 2.24) is 0 Å². The standard InChI is InChI=1S/C18H39O6P.2Na/c1-3-5-7-9-10-11-12-13-14-16-18(23-24-25(19,20)21)22-17-15-8-6-4-2;;/h18H,3-17H2,1-2H3,(H2,19,20,21);;/q;2*+1/p-2. The van der Waals surface area contributed by atoms with Crippen molar-refractivity contribution < 1.29 is 87.8 Å². The Bertz CT molecular complexity index is 331. The third kappa shape index (κ3) is 28.0. The number of hydrogen-bond donors (Lipinski definition) is 0. The van der Waals surface area contributed by atoms with Crippen molar-refractivity contribution in [2.24, 2.45) is 0 Å². The van der Waals surface area contributed by atoms with Gasteiger partial charge in [-0.05, 0) is 12.8 Å². The normalized spacial score (nSPS) is 12.3. The van der Waals surface area contributed by atoms with E-state index in [1.54, 1.807) is 0 Å². The van der Waals surface area contributed by atoms with Crippen LogP contribution in [0.5, 0.6) is 0 Å². The summed E-state index contributed by atoms with van der Waals surface area (Å²) in [6.45, 7) is 4.82. The van der Waals surface area contributed by atoms with Gasteiger partial charge in [0.05, 0.1) is 0 Å². The van der Waals surface area contributed by atoms with Crippen molar-refractivity contribution in [2.75, 3.05) is 6.61 Å². The first-order valence-electron chi connectivity index (χ1n) is 9.98. The molecule has 0 heterocycles. The molecular weight excluding hydrogens is 389 g/mol. The van der Waals surface area contributed by atoms with Crippen LogP contribution in [-0.2, 0) is 18.9 Å². The van der Waals surface area contributed by atoms with Gasteiger partial charge in [0.25, 0.3) is 0 Å². The first kappa shape index (κ1) is 33.7. The molecule has 0 aliphatic rings. The van der Waals surface area contributed by atoms with Crippen LogP contribution >= 0.6 is 7.82 Å². The molecule has 0 fully saturated rings. The summed E-state index contributed by atoms with van der Waals surface area (Å²) in [5.41, 5.74) is 0. The monoisotopic (exact) mass is 426 g/mol. The Balaban J connectivity index is -0.00000288. The van der Waals surface area contributed by atoms with E-state index in [-0.39, 0.29) is 59.1 Å². The maximum atomic E-state index is 10.5. The number of ether oxygens (including phenoxy) is 1. The van der Waals surface area contributed by atoms with Gasteiger partial charge in [-0.2, -0.15) is 0 Å². The van der Waals surface area contributed by atoms with Crippen LogP contribution in [0.2, 0.25) is 0 Å². The minimum absolute atomic E-state index is 0.